The highest BCUT2D eigenvalue weighted by atomic mass is 35.5. The number of rotatable bonds is 2. The second kappa shape index (κ2) is 4.18. The van der Waals surface area contributed by atoms with E-state index in [2.05, 4.69) is 4.74 Å². The van der Waals surface area contributed by atoms with Crippen LogP contribution in [0.1, 0.15) is 0 Å². The molecule has 1 aromatic carbocycles. The second-order valence-electron chi connectivity index (χ2n) is 2.18. The van der Waals surface area contributed by atoms with Gasteiger partial charge in [0.2, 0.25) is 0 Å². The molecule has 5 heteroatoms. The van der Waals surface area contributed by atoms with Crippen molar-refractivity contribution in [1.82, 2.24) is 0 Å². The van der Waals surface area contributed by atoms with Gasteiger partial charge >= 0.3 is 12.4 Å². The molecule has 0 spiro atoms. The van der Waals surface area contributed by atoms with Gasteiger partial charge in [-0.2, -0.15) is 8.78 Å². The van der Waals surface area contributed by atoms with Crippen LogP contribution in [0.4, 0.5) is 8.78 Å². The Labute approximate surface area is 78.1 Å². The zero-order valence-electron chi connectivity index (χ0n) is 6.34. The van der Waals surface area contributed by atoms with E-state index in [-0.39, 0.29) is 5.75 Å². The Morgan fingerprint density at radius 3 is 2.69 bits per heavy atom. The Morgan fingerprint density at radius 2 is 2.15 bits per heavy atom. The Balaban J connectivity index is 2.69. The van der Waals surface area contributed by atoms with Crippen LogP contribution in [-0.4, -0.2) is 12.4 Å². The van der Waals surface area contributed by atoms with Crippen molar-refractivity contribution in [3.8, 4) is 5.75 Å². The number of benzene rings is 1. The molecule has 0 aliphatic rings. The van der Waals surface area contributed by atoms with Gasteiger partial charge < -0.3 is 4.74 Å². The summed E-state index contributed by atoms with van der Waals surface area (Å²) in [5, 5.41) is 0.319. The first-order valence-electron chi connectivity index (χ1n) is 3.35. The molecule has 0 amide bonds. The first kappa shape index (κ1) is 9.92. The van der Waals surface area contributed by atoms with Gasteiger partial charge in [-0.15, -0.1) is 0 Å². The predicted octanol–water partition coefficient (Wildman–Crippen LogP) is 2.51. The van der Waals surface area contributed by atoms with Gasteiger partial charge in [0.15, 0.2) is 0 Å². The van der Waals surface area contributed by atoms with Gasteiger partial charge in [0.25, 0.3) is 0 Å². The van der Waals surface area contributed by atoms with E-state index in [0.29, 0.717) is 5.02 Å². The van der Waals surface area contributed by atoms with E-state index in [0.717, 1.165) is 0 Å². The van der Waals surface area contributed by atoms with E-state index in [9.17, 15) is 13.6 Å². The average Bonchev–Trinajstić information content (AvgIpc) is 2.04. The third-order valence-corrected chi connectivity index (χ3v) is 1.43. The number of hydrogen-bond acceptors (Lipinski definition) is 2. The fourth-order valence-corrected chi connectivity index (χ4v) is 0.871. The van der Waals surface area contributed by atoms with E-state index < -0.39 is 12.4 Å². The maximum absolute atomic E-state index is 11.7. The molecule has 0 fully saturated rings. The average molecular weight is 207 g/mol. The lowest BCUT2D eigenvalue weighted by Gasteiger charge is -2.02. The fourth-order valence-electron chi connectivity index (χ4n) is 0.691. The van der Waals surface area contributed by atoms with Crippen molar-refractivity contribution in [3.63, 3.8) is 0 Å². The number of carbonyl (C=O) groups excluding carboxylic acids is 1. The monoisotopic (exact) mass is 206 g/mol. The highest BCUT2D eigenvalue weighted by Crippen LogP contribution is 2.17. The molecule has 70 valence electrons. The summed E-state index contributed by atoms with van der Waals surface area (Å²) in [4.78, 5) is 10.4. The largest absolute Gasteiger partial charge is 0.422 e. The standard InChI is InChI=1S/C8H5ClF2O2/c9-5-2-1-3-6(4-5)13-8(12)7(10)11/h1-4,7H. The van der Waals surface area contributed by atoms with E-state index >= 15 is 0 Å². The van der Waals surface area contributed by atoms with Crippen molar-refractivity contribution < 1.29 is 18.3 Å². The van der Waals surface area contributed by atoms with Crippen LogP contribution in [-0.2, 0) is 4.79 Å². The van der Waals surface area contributed by atoms with Gasteiger partial charge in [-0.1, -0.05) is 17.7 Å². The van der Waals surface area contributed by atoms with E-state index in [4.69, 9.17) is 11.6 Å². The van der Waals surface area contributed by atoms with Crippen LogP contribution >= 0.6 is 11.6 Å². The Morgan fingerprint density at radius 1 is 1.46 bits per heavy atom. The van der Waals surface area contributed by atoms with Gasteiger partial charge in [0.1, 0.15) is 5.75 Å². The minimum Gasteiger partial charge on any atom is -0.422 e. The third kappa shape index (κ3) is 2.99. The summed E-state index contributed by atoms with van der Waals surface area (Å²) in [5.41, 5.74) is 0. The minimum absolute atomic E-state index is 0.0119. The number of ether oxygens (including phenoxy) is 1. The molecule has 0 heterocycles. The van der Waals surface area contributed by atoms with Crippen LogP contribution in [0.3, 0.4) is 0 Å². The molecule has 0 unspecified atom stereocenters. The van der Waals surface area contributed by atoms with Gasteiger partial charge in [-0.25, -0.2) is 4.79 Å². The summed E-state index contributed by atoms with van der Waals surface area (Å²) in [5.74, 6) is -1.57. The van der Waals surface area contributed by atoms with Gasteiger partial charge in [0.05, 0.1) is 0 Å². The molecule has 1 aromatic rings. The number of carbonyl (C=O) groups is 1. The Hall–Kier alpha value is -1.16. The van der Waals surface area contributed by atoms with Crippen LogP contribution in [0, 0.1) is 0 Å². The van der Waals surface area contributed by atoms with Crippen LogP contribution in [0.2, 0.25) is 5.02 Å². The molecule has 0 aliphatic heterocycles. The molecule has 13 heavy (non-hydrogen) atoms. The molecule has 0 aromatic heterocycles. The molecule has 0 saturated heterocycles. The maximum Gasteiger partial charge on any atom is 0.379 e. The van der Waals surface area contributed by atoms with Crippen molar-refractivity contribution in [2.24, 2.45) is 0 Å². The quantitative estimate of drug-likeness (QED) is 0.549. The van der Waals surface area contributed by atoms with Gasteiger partial charge in [-0.05, 0) is 18.2 Å². The Bertz CT molecular complexity index is 315. The highest BCUT2D eigenvalue weighted by Gasteiger charge is 2.17. The third-order valence-electron chi connectivity index (χ3n) is 1.19. The van der Waals surface area contributed by atoms with Gasteiger partial charge in [0, 0.05) is 5.02 Å². The molecule has 0 N–H and O–H groups in total. The molecule has 0 radical (unpaired) electrons. The topological polar surface area (TPSA) is 26.3 Å². The van der Waals surface area contributed by atoms with Crippen LogP contribution in [0.15, 0.2) is 24.3 Å². The van der Waals surface area contributed by atoms with Crippen molar-refractivity contribution in [2.45, 2.75) is 6.43 Å². The normalized spacial score (nSPS) is 10.2. The summed E-state index contributed by atoms with van der Waals surface area (Å²) < 4.78 is 27.7. The van der Waals surface area contributed by atoms with E-state index in [1.807, 2.05) is 0 Å². The number of alkyl halides is 2. The predicted molar refractivity (Wildman–Crippen MR) is 43.1 cm³/mol. The first-order valence-corrected chi connectivity index (χ1v) is 3.73. The molecule has 1 rings (SSSR count). The SMILES string of the molecule is O=C(Oc1cccc(Cl)c1)C(F)F. The minimum atomic E-state index is -3.13. The van der Waals surface area contributed by atoms with Gasteiger partial charge in [-0.3, -0.25) is 0 Å². The summed E-state index contributed by atoms with van der Waals surface area (Å²) in [7, 11) is 0. The van der Waals surface area contributed by atoms with Crippen LogP contribution in [0.25, 0.3) is 0 Å². The van der Waals surface area contributed by atoms with Crippen molar-refractivity contribution in [3.05, 3.63) is 29.3 Å². The fraction of sp³-hybridized carbons (Fsp3) is 0.125. The van der Waals surface area contributed by atoms with Crippen molar-refractivity contribution in [1.29, 1.82) is 0 Å². The molecular weight excluding hydrogens is 202 g/mol. The molecule has 0 aliphatic carbocycles. The summed E-state index contributed by atoms with van der Waals surface area (Å²) in [6, 6.07) is 5.69. The smallest absolute Gasteiger partial charge is 0.379 e. The Kier molecular flexibility index (Phi) is 3.19. The summed E-state index contributed by atoms with van der Waals surface area (Å²) >= 11 is 5.53. The van der Waals surface area contributed by atoms with E-state index in [1.165, 1.54) is 18.2 Å². The maximum atomic E-state index is 11.7. The van der Waals surface area contributed by atoms with Crippen LogP contribution < -0.4 is 4.74 Å². The lowest BCUT2D eigenvalue weighted by atomic mass is 10.3. The second-order valence-corrected chi connectivity index (χ2v) is 2.62. The summed E-state index contributed by atoms with van der Waals surface area (Å²) in [6.45, 7) is 0. The van der Waals surface area contributed by atoms with Crippen molar-refractivity contribution in [2.75, 3.05) is 0 Å². The molecule has 0 saturated carbocycles. The molecule has 2 nitrogen and oxygen atoms in total. The number of hydrogen-bond donors (Lipinski definition) is 0. The molecular formula is C8H5ClF2O2. The molecule has 0 atom stereocenters. The first-order chi connectivity index (χ1) is 6.09. The zero-order chi connectivity index (χ0) is 9.84. The molecule has 0 bridgehead atoms. The van der Waals surface area contributed by atoms with Crippen molar-refractivity contribution >= 4 is 17.6 Å². The lowest BCUT2D eigenvalue weighted by Crippen LogP contribution is -2.17. The lowest BCUT2D eigenvalue weighted by molar-refractivity contribution is -0.146. The highest BCUT2D eigenvalue weighted by molar-refractivity contribution is 6.30. The number of halogens is 3. The van der Waals surface area contributed by atoms with Crippen LogP contribution in [0.5, 0.6) is 5.75 Å². The number of esters is 1. The zero-order valence-corrected chi connectivity index (χ0v) is 7.09. The van der Waals surface area contributed by atoms with E-state index in [1.54, 1.807) is 6.07 Å². The summed E-state index contributed by atoms with van der Waals surface area (Å²) in [6.07, 6.45) is -3.13.